The first-order valence-corrected chi connectivity index (χ1v) is 10.6. The summed E-state index contributed by atoms with van der Waals surface area (Å²) in [5.41, 5.74) is 0. The predicted molar refractivity (Wildman–Crippen MR) is 109 cm³/mol. The Hall–Kier alpha value is -1.54. The molecule has 8 heteroatoms. The molecule has 0 heterocycles. The molecule has 0 radical (unpaired) electrons. The minimum absolute atomic E-state index is 0. The van der Waals surface area contributed by atoms with Crippen molar-refractivity contribution >= 4 is 11.9 Å². The van der Waals surface area contributed by atoms with E-state index in [9.17, 15) is 14.7 Å². The van der Waals surface area contributed by atoms with E-state index in [0.29, 0.717) is 44.3 Å². The average Bonchev–Trinajstić information content (AvgIpc) is 2.76. The molecule has 0 unspecified atom stereocenters. The molecule has 0 aromatic heterocycles. The van der Waals surface area contributed by atoms with E-state index >= 15 is 0 Å². The van der Waals surface area contributed by atoms with Crippen LogP contribution in [0.25, 0.3) is 0 Å². The third-order valence-electron chi connectivity index (χ3n) is 5.18. The zero-order valence-electron chi connectivity index (χ0n) is 18.4. The fraction of sp³-hybridized carbons (Fsp3) is 0.565. The van der Waals surface area contributed by atoms with Gasteiger partial charge in [0.25, 0.3) is 0 Å². The smallest absolute Gasteiger partial charge is 0.550 e. The first-order chi connectivity index (χ1) is 14.6. The number of carbonyl (C=O) groups excluding carboxylic acids is 2. The summed E-state index contributed by atoms with van der Waals surface area (Å²) in [5.74, 6) is 0.0351. The summed E-state index contributed by atoms with van der Waals surface area (Å²) < 4.78 is 10.6. The average molecular weight is 442 g/mol. The SMILES string of the molecule is C=CC(=O)OCCCCCCOc1ccc(OOCC2CCC(C(=O)[O-])CC2)cc1.[Na+]. The second kappa shape index (κ2) is 16.1. The molecule has 1 aliphatic rings. The van der Waals surface area contributed by atoms with Gasteiger partial charge in [-0.2, -0.15) is 4.89 Å². The van der Waals surface area contributed by atoms with E-state index in [1.165, 1.54) is 6.08 Å². The van der Waals surface area contributed by atoms with E-state index in [2.05, 4.69) is 6.58 Å². The van der Waals surface area contributed by atoms with Crippen LogP contribution in [0.15, 0.2) is 36.9 Å². The first-order valence-electron chi connectivity index (χ1n) is 10.6. The van der Waals surface area contributed by atoms with Gasteiger partial charge in [0, 0.05) is 12.0 Å². The van der Waals surface area contributed by atoms with Crippen LogP contribution in [-0.4, -0.2) is 31.8 Å². The fourth-order valence-electron chi connectivity index (χ4n) is 3.33. The Kier molecular flexibility index (Phi) is 14.3. The minimum atomic E-state index is -0.945. The second-order valence-electron chi connectivity index (χ2n) is 7.51. The van der Waals surface area contributed by atoms with Crippen LogP contribution in [0, 0.1) is 11.8 Å². The summed E-state index contributed by atoms with van der Waals surface area (Å²) in [6.45, 7) is 4.85. The van der Waals surface area contributed by atoms with Gasteiger partial charge < -0.3 is 24.3 Å². The third kappa shape index (κ3) is 11.6. The number of unbranched alkanes of at least 4 members (excludes halogenated alkanes) is 3. The largest absolute Gasteiger partial charge is 1.00 e. The molecule has 7 nitrogen and oxygen atoms in total. The molecule has 1 aliphatic carbocycles. The predicted octanol–water partition coefficient (Wildman–Crippen LogP) is 0.226. The topological polar surface area (TPSA) is 94.1 Å². The van der Waals surface area contributed by atoms with E-state index in [1.54, 1.807) is 12.1 Å². The van der Waals surface area contributed by atoms with E-state index in [4.69, 9.17) is 19.2 Å². The number of carboxylic acid groups (broad SMARTS) is 1. The number of ether oxygens (including phenoxy) is 2. The molecule has 1 saturated carbocycles. The quantitative estimate of drug-likeness (QED) is 0.102. The Morgan fingerprint density at radius 2 is 1.58 bits per heavy atom. The third-order valence-corrected chi connectivity index (χ3v) is 5.18. The number of carbonyl (C=O) groups is 2. The molecule has 1 fully saturated rings. The van der Waals surface area contributed by atoms with Crippen LogP contribution in [0.1, 0.15) is 51.4 Å². The van der Waals surface area contributed by atoms with E-state index in [1.807, 2.05) is 12.1 Å². The summed E-state index contributed by atoms with van der Waals surface area (Å²) in [4.78, 5) is 32.4. The van der Waals surface area contributed by atoms with Gasteiger partial charge in [-0.15, -0.1) is 0 Å². The Morgan fingerprint density at radius 1 is 0.968 bits per heavy atom. The minimum Gasteiger partial charge on any atom is -0.550 e. The molecule has 0 aliphatic heterocycles. The van der Waals surface area contributed by atoms with Crippen molar-refractivity contribution in [3.63, 3.8) is 0 Å². The molecule has 0 bridgehead atoms. The van der Waals surface area contributed by atoms with Crippen molar-refractivity contribution in [3.8, 4) is 11.5 Å². The van der Waals surface area contributed by atoms with Gasteiger partial charge in [-0.3, -0.25) is 0 Å². The number of hydrogen-bond acceptors (Lipinski definition) is 7. The fourth-order valence-corrected chi connectivity index (χ4v) is 3.33. The number of rotatable bonds is 14. The summed E-state index contributed by atoms with van der Waals surface area (Å²) in [7, 11) is 0. The molecule has 0 atom stereocenters. The van der Waals surface area contributed by atoms with Crippen molar-refractivity contribution in [2.45, 2.75) is 51.4 Å². The number of aliphatic carboxylic acids is 1. The molecule has 166 valence electrons. The van der Waals surface area contributed by atoms with Gasteiger partial charge in [0.15, 0.2) is 5.75 Å². The van der Waals surface area contributed by atoms with Crippen LogP contribution >= 0.6 is 0 Å². The number of benzene rings is 1. The van der Waals surface area contributed by atoms with Gasteiger partial charge >= 0.3 is 35.5 Å². The van der Waals surface area contributed by atoms with Gasteiger partial charge in [0.2, 0.25) is 0 Å². The van der Waals surface area contributed by atoms with Gasteiger partial charge in [0.1, 0.15) is 5.75 Å². The maximum absolute atomic E-state index is 10.9. The monoisotopic (exact) mass is 442 g/mol. The van der Waals surface area contributed by atoms with Crippen LogP contribution in [-0.2, 0) is 19.2 Å². The molecule has 31 heavy (non-hydrogen) atoms. The van der Waals surface area contributed by atoms with Crippen LogP contribution in [0.5, 0.6) is 11.5 Å². The molecular formula is C23H31NaO7. The zero-order valence-corrected chi connectivity index (χ0v) is 20.4. The molecule has 0 N–H and O–H groups in total. The van der Waals surface area contributed by atoms with Crippen molar-refractivity contribution in [1.82, 2.24) is 0 Å². The van der Waals surface area contributed by atoms with Crippen LogP contribution in [0.3, 0.4) is 0 Å². The van der Waals surface area contributed by atoms with Crippen molar-refractivity contribution in [2.24, 2.45) is 11.8 Å². The Balaban J connectivity index is 0.00000480. The normalized spacial score (nSPS) is 17.8. The zero-order chi connectivity index (χ0) is 21.6. The Labute approximate surface area is 206 Å². The number of carboxylic acids is 1. The summed E-state index contributed by atoms with van der Waals surface area (Å²) in [6.07, 6.45) is 7.84. The van der Waals surface area contributed by atoms with Gasteiger partial charge in [-0.1, -0.05) is 6.58 Å². The first kappa shape index (κ1) is 27.5. The van der Waals surface area contributed by atoms with Crippen molar-refractivity contribution < 1.29 is 63.5 Å². The molecule has 0 amide bonds. The maximum atomic E-state index is 10.9. The van der Waals surface area contributed by atoms with Crippen molar-refractivity contribution in [3.05, 3.63) is 36.9 Å². The Morgan fingerprint density at radius 3 is 2.19 bits per heavy atom. The molecule has 1 aromatic carbocycles. The van der Waals surface area contributed by atoms with Crippen molar-refractivity contribution in [2.75, 3.05) is 19.8 Å². The number of hydrogen-bond donors (Lipinski definition) is 0. The molecule has 1 aromatic rings. The summed E-state index contributed by atoms with van der Waals surface area (Å²) in [5, 5.41) is 10.9. The Bertz CT molecular complexity index is 654. The molecule has 2 rings (SSSR count). The van der Waals surface area contributed by atoms with Gasteiger partial charge in [0.05, 0.1) is 19.8 Å². The van der Waals surface area contributed by atoms with E-state index in [0.717, 1.165) is 44.3 Å². The molecular weight excluding hydrogens is 411 g/mol. The maximum Gasteiger partial charge on any atom is 1.00 e. The van der Waals surface area contributed by atoms with Crippen LogP contribution in [0.2, 0.25) is 0 Å². The van der Waals surface area contributed by atoms with E-state index < -0.39 is 5.97 Å². The van der Waals surface area contributed by atoms with Crippen molar-refractivity contribution in [1.29, 1.82) is 0 Å². The van der Waals surface area contributed by atoms with Gasteiger partial charge in [-0.25, -0.2) is 4.79 Å². The van der Waals surface area contributed by atoms with Gasteiger partial charge in [-0.05, 0) is 87.5 Å². The van der Waals surface area contributed by atoms with E-state index in [-0.39, 0.29) is 41.4 Å². The number of esters is 1. The standard InChI is InChI=1S/C23H32O7.Na/c1-2-22(24)28-16-6-4-3-5-15-27-20-11-13-21(14-12-20)30-29-17-18-7-9-19(10-8-18)23(25)26;/h2,11-14,18-19H,1,3-10,15-17H2,(H,25,26);/q;+1/p-1. The summed E-state index contributed by atoms with van der Waals surface area (Å²) >= 11 is 0. The van der Waals surface area contributed by atoms with Crippen LogP contribution < -0.4 is 44.3 Å². The molecule has 0 saturated heterocycles. The second-order valence-corrected chi connectivity index (χ2v) is 7.51. The molecule has 0 spiro atoms. The van der Waals surface area contributed by atoms with Crippen LogP contribution in [0.4, 0.5) is 0 Å². The summed E-state index contributed by atoms with van der Waals surface area (Å²) in [6, 6.07) is 7.24.